The van der Waals surface area contributed by atoms with E-state index in [4.69, 9.17) is 4.42 Å². The Kier molecular flexibility index (Phi) is 11.9. The van der Waals surface area contributed by atoms with E-state index in [-0.39, 0.29) is 5.91 Å². The predicted molar refractivity (Wildman–Crippen MR) is 116 cm³/mol. The van der Waals surface area contributed by atoms with Gasteiger partial charge in [-0.25, -0.2) is 0 Å². The van der Waals surface area contributed by atoms with Crippen LogP contribution in [0.5, 0.6) is 0 Å². The molecule has 1 rings (SSSR count). The van der Waals surface area contributed by atoms with Crippen LogP contribution < -0.4 is 10.6 Å². The first-order valence-electron chi connectivity index (χ1n) is 9.76. The third-order valence-electron chi connectivity index (χ3n) is 4.00. The highest BCUT2D eigenvalue weighted by atomic mass is 32.2. The summed E-state index contributed by atoms with van der Waals surface area (Å²) < 4.78 is 5.76. The molecule has 0 aliphatic rings. The summed E-state index contributed by atoms with van der Waals surface area (Å²) in [5.41, 5.74) is 0. The van der Waals surface area contributed by atoms with Crippen LogP contribution >= 0.6 is 11.8 Å². The van der Waals surface area contributed by atoms with Gasteiger partial charge in [-0.15, -0.1) is 0 Å². The number of hydrogen-bond acceptors (Lipinski definition) is 8. The largest absolute Gasteiger partial charge is 0.464 e. The molecule has 2 N–H and O–H groups in total. The Bertz CT molecular complexity index is 659. The van der Waals surface area contributed by atoms with Crippen molar-refractivity contribution in [1.29, 1.82) is 0 Å². The minimum absolute atomic E-state index is 0.0330. The number of nitro groups is 1. The second kappa shape index (κ2) is 13.9. The number of nitrogens with zero attached hydrogens (tertiary/aromatic N) is 3. The van der Waals surface area contributed by atoms with E-state index in [1.54, 1.807) is 16.7 Å². The van der Waals surface area contributed by atoms with Crippen molar-refractivity contribution in [3.63, 3.8) is 0 Å². The van der Waals surface area contributed by atoms with Crippen LogP contribution in [0.4, 0.5) is 0 Å². The van der Waals surface area contributed by atoms with Gasteiger partial charge < -0.3 is 24.9 Å². The van der Waals surface area contributed by atoms with Crippen molar-refractivity contribution >= 4 is 17.7 Å². The molecule has 0 unspecified atom stereocenters. The Hall–Kier alpha value is -2.20. The standard InChI is InChI=1S/C19H33N5O4S/c1-5-23(6-2)19(25)9-10-20-18(14-24(26)27)21-11-12-29-15-17-8-7-16(28-17)13-22(3)4/h7-8,14,20-21H,5-6,9-13,15H2,1-4H3. The van der Waals surface area contributed by atoms with Crippen LogP contribution in [0.2, 0.25) is 0 Å². The summed E-state index contributed by atoms with van der Waals surface area (Å²) in [6, 6.07) is 3.96. The van der Waals surface area contributed by atoms with Gasteiger partial charge >= 0.3 is 0 Å². The molecule has 0 fully saturated rings. The van der Waals surface area contributed by atoms with E-state index < -0.39 is 4.92 Å². The highest BCUT2D eigenvalue weighted by molar-refractivity contribution is 7.98. The van der Waals surface area contributed by atoms with Crippen molar-refractivity contribution in [2.24, 2.45) is 0 Å². The smallest absolute Gasteiger partial charge is 0.274 e. The lowest BCUT2D eigenvalue weighted by Crippen LogP contribution is -2.35. The maximum absolute atomic E-state index is 12.0. The normalized spacial score (nSPS) is 11.6. The Labute approximate surface area is 177 Å². The van der Waals surface area contributed by atoms with Gasteiger partial charge in [-0.05, 0) is 40.1 Å². The first kappa shape index (κ1) is 24.8. The summed E-state index contributed by atoms with van der Waals surface area (Å²) in [6.07, 6.45) is 1.19. The molecule has 1 aromatic rings. The molecule has 0 aliphatic heterocycles. The van der Waals surface area contributed by atoms with Crippen LogP contribution in [0.15, 0.2) is 28.6 Å². The fourth-order valence-electron chi connectivity index (χ4n) is 2.62. The van der Waals surface area contributed by atoms with Crippen LogP contribution in [-0.4, -0.2) is 66.7 Å². The molecule has 0 radical (unpaired) electrons. The molecule has 0 saturated heterocycles. The van der Waals surface area contributed by atoms with E-state index in [0.717, 1.165) is 35.8 Å². The van der Waals surface area contributed by atoms with Crippen LogP contribution in [0.1, 0.15) is 31.8 Å². The summed E-state index contributed by atoms with van der Waals surface area (Å²) in [5.74, 6) is 3.71. The number of nitrogens with one attached hydrogen (secondary N) is 2. The van der Waals surface area contributed by atoms with E-state index >= 15 is 0 Å². The Morgan fingerprint density at radius 2 is 1.86 bits per heavy atom. The van der Waals surface area contributed by atoms with E-state index in [1.807, 2.05) is 45.0 Å². The molecule has 10 heteroatoms. The molecule has 0 saturated carbocycles. The zero-order valence-corrected chi connectivity index (χ0v) is 18.6. The highest BCUT2D eigenvalue weighted by Crippen LogP contribution is 2.16. The van der Waals surface area contributed by atoms with Gasteiger partial charge in [0.05, 0.1) is 17.2 Å². The molecule has 0 aliphatic carbocycles. The average Bonchev–Trinajstić information content (AvgIpc) is 3.08. The lowest BCUT2D eigenvalue weighted by Gasteiger charge is -2.19. The third-order valence-corrected chi connectivity index (χ3v) is 4.98. The molecule has 9 nitrogen and oxygen atoms in total. The first-order chi connectivity index (χ1) is 13.8. The lowest BCUT2D eigenvalue weighted by molar-refractivity contribution is -0.404. The quantitative estimate of drug-likeness (QED) is 0.249. The maximum atomic E-state index is 12.0. The van der Waals surface area contributed by atoms with Gasteiger partial charge in [-0.3, -0.25) is 14.9 Å². The van der Waals surface area contributed by atoms with Crippen molar-refractivity contribution in [1.82, 2.24) is 20.4 Å². The minimum Gasteiger partial charge on any atom is -0.464 e. The molecular weight excluding hydrogens is 394 g/mol. The molecule has 29 heavy (non-hydrogen) atoms. The second-order valence-corrected chi connectivity index (χ2v) is 7.76. The molecule has 0 atom stereocenters. The molecular formula is C19H33N5O4S. The minimum atomic E-state index is -0.510. The number of carbonyl (C=O) groups is 1. The molecule has 0 bridgehead atoms. The van der Waals surface area contributed by atoms with Gasteiger partial charge in [0.15, 0.2) is 5.82 Å². The SMILES string of the molecule is CCN(CC)C(=O)CCNC(=C[N+](=O)[O-])NCCSCc1ccc(CN(C)C)o1. The van der Waals surface area contributed by atoms with E-state index in [9.17, 15) is 14.9 Å². The van der Waals surface area contributed by atoms with Gasteiger partial charge in [0.1, 0.15) is 11.5 Å². The van der Waals surface area contributed by atoms with Crippen LogP contribution in [0.3, 0.4) is 0 Å². The Morgan fingerprint density at radius 1 is 1.21 bits per heavy atom. The summed E-state index contributed by atoms with van der Waals surface area (Å²) >= 11 is 1.68. The van der Waals surface area contributed by atoms with E-state index in [2.05, 4.69) is 10.6 Å². The van der Waals surface area contributed by atoms with E-state index in [1.165, 1.54) is 0 Å². The molecule has 1 amide bonds. The van der Waals surface area contributed by atoms with Gasteiger partial charge in [0, 0.05) is 38.4 Å². The Morgan fingerprint density at radius 3 is 2.48 bits per heavy atom. The van der Waals surface area contributed by atoms with Crippen molar-refractivity contribution < 1.29 is 14.1 Å². The number of amides is 1. The monoisotopic (exact) mass is 427 g/mol. The van der Waals surface area contributed by atoms with Crippen LogP contribution in [0.25, 0.3) is 0 Å². The number of hydrogen-bond donors (Lipinski definition) is 2. The van der Waals surface area contributed by atoms with E-state index in [0.29, 0.717) is 38.4 Å². The van der Waals surface area contributed by atoms with Gasteiger partial charge in [-0.2, -0.15) is 11.8 Å². The van der Waals surface area contributed by atoms with Gasteiger partial charge in [-0.1, -0.05) is 0 Å². The molecule has 0 aromatic carbocycles. The fourth-order valence-corrected chi connectivity index (χ4v) is 3.37. The maximum Gasteiger partial charge on any atom is 0.274 e. The molecule has 164 valence electrons. The molecule has 0 spiro atoms. The summed E-state index contributed by atoms with van der Waals surface area (Å²) in [6.45, 7) is 6.85. The first-order valence-corrected chi connectivity index (χ1v) is 10.9. The average molecular weight is 428 g/mol. The fraction of sp³-hybridized carbons (Fsp3) is 0.632. The lowest BCUT2D eigenvalue weighted by atomic mass is 10.3. The van der Waals surface area contributed by atoms with Crippen molar-refractivity contribution in [2.75, 3.05) is 46.0 Å². The van der Waals surface area contributed by atoms with Crippen molar-refractivity contribution in [2.45, 2.75) is 32.6 Å². The van der Waals surface area contributed by atoms with Crippen LogP contribution in [0, 0.1) is 10.1 Å². The summed E-state index contributed by atoms with van der Waals surface area (Å²) in [4.78, 5) is 26.1. The zero-order chi connectivity index (χ0) is 21.6. The zero-order valence-electron chi connectivity index (χ0n) is 17.8. The molecule has 1 aromatic heterocycles. The third kappa shape index (κ3) is 10.8. The summed E-state index contributed by atoms with van der Waals surface area (Å²) in [5, 5.41) is 16.8. The number of rotatable bonds is 15. The van der Waals surface area contributed by atoms with Gasteiger partial charge in [0.25, 0.3) is 6.20 Å². The highest BCUT2D eigenvalue weighted by Gasteiger charge is 2.10. The molecule has 1 heterocycles. The van der Waals surface area contributed by atoms with Crippen molar-refractivity contribution in [3.05, 3.63) is 45.8 Å². The Balaban J connectivity index is 2.32. The number of carbonyl (C=O) groups excluding carboxylic acids is 1. The summed E-state index contributed by atoms with van der Waals surface area (Å²) in [7, 11) is 3.98. The van der Waals surface area contributed by atoms with Gasteiger partial charge in [0.2, 0.25) is 5.91 Å². The van der Waals surface area contributed by atoms with Crippen molar-refractivity contribution in [3.8, 4) is 0 Å². The number of thioether (sulfide) groups is 1. The predicted octanol–water partition coefficient (Wildman–Crippen LogP) is 2.09. The second-order valence-electron chi connectivity index (χ2n) is 6.66. The van der Waals surface area contributed by atoms with Crippen LogP contribution in [-0.2, 0) is 17.1 Å². The number of furan rings is 1. The topological polar surface area (TPSA) is 104 Å².